The highest BCUT2D eigenvalue weighted by atomic mass is 16.3. The molecule has 4 atom stereocenters. The second-order valence-electron chi connectivity index (χ2n) is 11.5. The number of ketones is 2. The van der Waals surface area contributed by atoms with Crippen molar-refractivity contribution in [3.63, 3.8) is 0 Å². The van der Waals surface area contributed by atoms with E-state index in [-0.39, 0.29) is 29.7 Å². The number of fused-ring (bicyclic) bond motifs is 3. The number of benzene rings is 2. The fraction of sp³-hybridized carbons (Fsp3) is 0.387. The first-order chi connectivity index (χ1) is 19.3. The van der Waals surface area contributed by atoms with Crippen molar-refractivity contribution >= 4 is 23.2 Å². The van der Waals surface area contributed by atoms with Gasteiger partial charge in [-0.1, -0.05) is 31.2 Å². The van der Waals surface area contributed by atoms with Crippen LogP contribution >= 0.6 is 0 Å². The van der Waals surface area contributed by atoms with Crippen LogP contribution < -0.4 is 5.73 Å². The van der Waals surface area contributed by atoms with Crippen LogP contribution in [0.1, 0.15) is 30.0 Å². The van der Waals surface area contributed by atoms with Crippen molar-refractivity contribution < 1.29 is 34.8 Å². The van der Waals surface area contributed by atoms with E-state index in [1.807, 2.05) is 25.2 Å². The summed E-state index contributed by atoms with van der Waals surface area (Å²) in [5, 5.41) is 45.1. The summed E-state index contributed by atoms with van der Waals surface area (Å²) in [6.07, 6.45) is 0.277. The molecule has 0 aromatic heterocycles. The van der Waals surface area contributed by atoms with Crippen molar-refractivity contribution in [1.82, 2.24) is 9.80 Å². The second-order valence-corrected chi connectivity index (χ2v) is 11.5. The molecule has 0 unspecified atom stereocenters. The van der Waals surface area contributed by atoms with Gasteiger partial charge >= 0.3 is 0 Å². The molecule has 3 aliphatic carbocycles. The summed E-state index contributed by atoms with van der Waals surface area (Å²) >= 11 is 0. The molecule has 0 radical (unpaired) electrons. The topological polar surface area (TPSA) is 165 Å². The Morgan fingerprint density at radius 1 is 1.10 bits per heavy atom. The highest BCUT2D eigenvalue weighted by Crippen LogP contribution is 2.53. The van der Waals surface area contributed by atoms with Crippen LogP contribution in [0.4, 0.5) is 0 Å². The van der Waals surface area contributed by atoms with Crippen LogP contribution in [0.3, 0.4) is 0 Å². The highest BCUT2D eigenvalue weighted by molar-refractivity contribution is 6.24. The summed E-state index contributed by atoms with van der Waals surface area (Å²) in [6.45, 7) is 3.69. The third kappa shape index (κ3) is 4.25. The molecule has 10 nitrogen and oxygen atoms in total. The number of rotatable bonds is 6. The Morgan fingerprint density at radius 3 is 2.44 bits per heavy atom. The van der Waals surface area contributed by atoms with E-state index in [1.165, 1.54) is 11.0 Å². The maximum absolute atomic E-state index is 14.0. The lowest BCUT2D eigenvalue weighted by Crippen LogP contribution is -2.65. The van der Waals surface area contributed by atoms with E-state index >= 15 is 0 Å². The van der Waals surface area contributed by atoms with Crippen molar-refractivity contribution in [2.75, 3.05) is 27.7 Å². The summed E-state index contributed by atoms with van der Waals surface area (Å²) in [6, 6.07) is 10.1. The number of amides is 1. The van der Waals surface area contributed by atoms with Crippen molar-refractivity contribution in [2.24, 2.45) is 17.6 Å². The van der Waals surface area contributed by atoms with Gasteiger partial charge in [0.05, 0.1) is 11.6 Å². The van der Waals surface area contributed by atoms with Gasteiger partial charge in [-0.3, -0.25) is 19.3 Å². The van der Waals surface area contributed by atoms with Gasteiger partial charge in [0.1, 0.15) is 22.8 Å². The predicted octanol–water partition coefficient (Wildman–Crippen LogP) is 2.08. The van der Waals surface area contributed by atoms with Crippen molar-refractivity contribution in [2.45, 2.75) is 38.0 Å². The average Bonchev–Trinajstić information content (AvgIpc) is 2.90. The van der Waals surface area contributed by atoms with Gasteiger partial charge in [-0.25, -0.2) is 0 Å². The van der Waals surface area contributed by atoms with Gasteiger partial charge in [0, 0.05) is 18.0 Å². The van der Waals surface area contributed by atoms with Gasteiger partial charge in [0.15, 0.2) is 11.4 Å². The van der Waals surface area contributed by atoms with E-state index in [4.69, 9.17) is 5.73 Å². The molecular weight excluding hydrogens is 526 g/mol. The molecule has 2 aromatic carbocycles. The molecule has 0 bridgehead atoms. The molecule has 0 aliphatic heterocycles. The molecule has 41 heavy (non-hydrogen) atoms. The number of aliphatic hydroxyl groups is 3. The summed E-state index contributed by atoms with van der Waals surface area (Å²) in [4.78, 5) is 43.1. The first-order valence-corrected chi connectivity index (χ1v) is 13.6. The number of phenolic OH excluding ortho intramolecular Hbond substituents is 1. The van der Waals surface area contributed by atoms with Crippen molar-refractivity contribution in [3.05, 3.63) is 70.0 Å². The van der Waals surface area contributed by atoms with Crippen LogP contribution in [-0.4, -0.2) is 87.0 Å². The number of Topliss-reactive ketones (excluding diaryl/α,β-unsaturated/α-hetero) is 2. The minimum absolute atomic E-state index is 0.0438. The molecule has 2 aromatic rings. The van der Waals surface area contributed by atoms with E-state index in [1.54, 1.807) is 20.2 Å². The maximum Gasteiger partial charge on any atom is 0.255 e. The molecule has 6 N–H and O–H groups in total. The minimum Gasteiger partial charge on any atom is -0.508 e. The number of phenols is 1. The van der Waals surface area contributed by atoms with E-state index in [2.05, 4.69) is 17.9 Å². The van der Waals surface area contributed by atoms with Crippen LogP contribution in [0.25, 0.3) is 16.9 Å². The Hall–Kier alpha value is -3.99. The quantitative estimate of drug-likeness (QED) is 0.332. The van der Waals surface area contributed by atoms with Crippen molar-refractivity contribution in [3.8, 4) is 16.9 Å². The first kappa shape index (κ1) is 28.5. The molecule has 0 spiro atoms. The summed E-state index contributed by atoms with van der Waals surface area (Å²) in [5.41, 5.74) is 5.19. The fourth-order valence-electron chi connectivity index (χ4n) is 6.78. The number of hydrogen-bond acceptors (Lipinski definition) is 9. The summed E-state index contributed by atoms with van der Waals surface area (Å²) < 4.78 is 0. The van der Waals surface area contributed by atoms with Crippen LogP contribution in [-0.2, 0) is 27.3 Å². The van der Waals surface area contributed by atoms with E-state index in [0.717, 1.165) is 29.8 Å². The van der Waals surface area contributed by atoms with E-state index in [9.17, 15) is 34.8 Å². The monoisotopic (exact) mass is 561 g/mol. The zero-order valence-corrected chi connectivity index (χ0v) is 23.5. The minimum atomic E-state index is -2.66. The number of likely N-dealkylation sites (N-methyl/N-ethyl adjacent to an activating group) is 1. The number of aliphatic hydroxyl groups excluding tert-OH is 2. The SMILES string of the molecule is CCN(C)Cc1cccc(-c2ccc(O)c3c2C[C@H]2C[C@H]4[C@H](N(C)C)C(=O)C(C(N)=O)=C(O)[C@@]4(O)C(=O)C2=C3O)c1. The first-order valence-electron chi connectivity index (χ1n) is 13.6. The van der Waals surface area contributed by atoms with Gasteiger partial charge in [-0.2, -0.15) is 0 Å². The smallest absolute Gasteiger partial charge is 0.255 e. The zero-order chi connectivity index (χ0) is 30.0. The second kappa shape index (κ2) is 10.1. The third-order valence-corrected chi connectivity index (χ3v) is 8.83. The predicted molar refractivity (Wildman–Crippen MR) is 152 cm³/mol. The van der Waals surface area contributed by atoms with Gasteiger partial charge in [-0.15, -0.1) is 0 Å². The molecule has 1 fully saturated rings. The molecule has 5 rings (SSSR count). The van der Waals surface area contributed by atoms with Crippen LogP contribution in [0.15, 0.2) is 53.3 Å². The number of nitrogens with two attached hydrogens (primary N) is 1. The number of carbonyl (C=O) groups is 3. The Labute approximate surface area is 238 Å². The lowest BCUT2D eigenvalue weighted by Gasteiger charge is -2.50. The van der Waals surface area contributed by atoms with Crippen LogP contribution in [0.2, 0.25) is 0 Å². The number of nitrogens with zero attached hydrogens (tertiary/aromatic N) is 2. The zero-order valence-electron chi connectivity index (χ0n) is 23.5. The Morgan fingerprint density at radius 2 is 1.80 bits per heavy atom. The molecule has 10 heteroatoms. The lowest BCUT2D eigenvalue weighted by molar-refractivity contribution is -0.153. The van der Waals surface area contributed by atoms with Crippen LogP contribution in [0, 0.1) is 11.8 Å². The standard InChI is InChI=1S/C31H35N3O7/c1-5-34(4)14-15-7-6-8-16(11-15)18-9-10-21(35)23-19(18)12-17-13-20-25(33(2)3)27(37)24(30(32)40)29(39)31(20,41)28(38)22(17)26(23)36/h6-11,17,20,25,35-36,39,41H,5,12-14H2,1-4H3,(H2,32,40)/t17-,20-,25-,31-/m0/s1. The molecule has 1 amide bonds. The Kier molecular flexibility index (Phi) is 7.05. The maximum atomic E-state index is 14.0. The molecule has 1 saturated carbocycles. The average molecular weight is 562 g/mol. The molecule has 3 aliphatic rings. The molecular formula is C31H35N3O7. The number of aromatic hydroxyl groups is 1. The normalized spacial score (nSPS) is 25.9. The molecule has 0 heterocycles. The van der Waals surface area contributed by atoms with Gasteiger partial charge in [-0.05, 0) is 80.8 Å². The van der Waals surface area contributed by atoms with E-state index in [0.29, 0.717) is 5.56 Å². The molecule has 0 saturated heterocycles. The van der Waals surface area contributed by atoms with Gasteiger partial charge < -0.3 is 31.1 Å². The number of hydrogen-bond donors (Lipinski definition) is 5. The Balaban J connectivity index is 1.68. The van der Waals surface area contributed by atoms with E-state index < -0.39 is 58.0 Å². The number of carbonyl (C=O) groups excluding carboxylic acids is 3. The van der Waals surface area contributed by atoms with Crippen molar-refractivity contribution in [1.29, 1.82) is 0 Å². The third-order valence-electron chi connectivity index (χ3n) is 8.83. The lowest BCUT2D eigenvalue weighted by atomic mass is 9.57. The largest absolute Gasteiger partial charge is 0.508 e. The highest BCUT2D eigenvalue weighted by Gasteiger charge is 2.64. The summed E-state index contributed by atoms with van der Waals surface area (Å²) in [7, 11) is 5.18. The molecule has 216 valence electrons. The summed E-state index contributed by atoms with van der Waals surface area (Å²) in [5.74, 6) is -6.64. The van der Waals surface area contributed by atoms with Gasteiger partial charge in [0.25, 0.3) is 5.91 Å². The Bertz CT molecular complexity index is 1540. The van der Waals surface area contributed by atoms with Crippen LogP contribution in [0.5, 0.6) is 5.75 Å². The fourth-order valence-corrected chi connectivity index (χ4v) is 6.78. The number of primary amides is 1. The van der Waals surface area contributed by atoms with Gasteiger partial charge in [0.2, 0.25) is 5.78 Å².